The first-order chi connectivity index (χ1) is 4.15. The summed E-state index contributed by atoms with van der Waals surface area (Å²) < 4.78 is 0. The van der Waals surface area contributed by atoms with Crippen molar-refractivity contribution in [2.24, 2.45) is 0 Å². The standard InChI is InChI=1S/2C2H5.3CH3.Al.Zn/c2*1-2;;;;;/h2*1H2,2H3;3*1H3;;. The van der Waals surface area contributed by atoms with Crippen molar-refractivity contribution in [2.45, 2.75) is 41.2 Å². The van der Waals surface area contributed by atoms with Gasteiger partial charge in [0.1, 0.15) is 0 Å². The molecule has 0 rings (SSSR count). The molecule has 0 aromatic carbocycles. The second-order valence-electron chi connectivity index (χ2n) is 3.09. The Bertz CT molecular complexity index is 33.1. The van der Waals surface area contributed by atoms with E-state index in [0.717, 1.165) is 0 Å². The quantitative estimate of drug-likeness (QED) is 0.593. The zero-order valence-corrected chi connectivity index (χ0v) is 11.8. The molecule has 2 heteroatoms. The minimum atomic E-state index is -0.139. The minimum absolute atomic E-state index is 0.0972. The van der Waals surface area contributed by atoms with Crippen LogP contribution in [0.4, 0.5) is 0 Å². The molecule has 0 spiro atoms. The molecule has 0 saturated heterocycles. The summed E-state index contributed by atoms with van der Waals surface area (Å²) in [7, 11) is 0. The molecule has 0 N–H and O–H groups in total. The normalized spacial score (nSPS) is 6.78. The Morgan fingerprint density at radius 1 is 1.00 bits per heavy atom. The van der Waals surface area contributed by atoms with E-state index in [9.17, 15) is 0 Å². The van der Waals surface area contributed by atoms with Crippen LogP contribution in [0.5, 0.6) is 0 Å². The van der Waals surface area contributed by atoms with E-state index in [1.807, 2.05) is 0 Å². The molecule has 0 aromatic heterocycles. The fourth-order valence-corrected chi connectivity index (χ4v) is 1.84. The van der Waals surface area contributed by atoms with E-state index in [4.69, 9.17) is 0 Å². The predicted molar refractivity (Wildman–Crippen MR) is 44.3 cm³/mol. The third kappa shape index (κ3) is 47.1. The molecule has 0 atom stereocenters. The topological polar surface area (TPSA) is 0 Å². The second-order valence-corrected chi connectivity index (χ2v) is 12.2. The smallest absolute Gasteiger partial charge is 0.106 e. The van der Waals surface area contributed by atoms with Gasteiger partial charge < -0.3 is 0 Å². The maximum absolute atomic E-state index is 2.31. The van der Waals surface area contributed by atoms with Crippen molar-refractivity contribution in [1.82, 2.24) is 0 Å². The first-order valence-electron chi connectivity index (χ1n) is 4.15. The fraction of sp³-hybridized carbons (Fsp3) is 1.00. The Labute approximate surface area is 72.4 Å². The molecular formula is C7H19AlZn. The first kappa shape index (κ1) is 12.8. The number of rotatable bonds is 2. The zero-order chi connectivity index (χ0) is 7.70. The Balaban J connectivity index is 0. The van der Waals surface area contributed by atoms with Crippen LogP contribution in [0.3, 0.4) is 0 Å². The molecule has 0 nitrogen and oxygen atoms in total. The molecule has 0 fully saturated rings. The van der Waals surface area contributed by atoms with Crippen LogP contribution in [0, 0.1) is 0 Å². The summed E-state index contributed by atoms with van der Waals surface area (Å²) in [6.45, 7) is 4.59. The second kappa shape index (κ2) is 11.9. The van der Waals surface area contributed by atoms with Gasteiger partial charge >= 0.3 is 41.0 Å². The van der Waals surface area contributed by atoms with Crippen LogP contribution < -0.4 is 0 Å². The van der Waals surface area contributed by atoms with Gasteiger partial charge in [-0.2, -0.15) is 0 Å². The van der Waals surface area contributed by atoms with E-state index in [2.05, 4.69) is 31.2 Å². The van der Waals surface area contributed by atoms with Gasteiger partial charge in [0.05, 0.1) is 0 Å². The fourth-order valence-electron chi connectivity index (χ4n) is 0.354. The van der Waals surface area contributed by atoms with Gasteiger partial charge in [0.15, 0.2) is 0 Å². The van der Waals surface area contributed by atoms with Crippen LogP contribution >= 0.6 is 0 Å². The Morgan fingerprint density at radius 2 is 1.22 bits per heavy atom. The molecule has 0 amide bonds. The van der Waals surface area contributed by atoms with Gasteiger partial charge in [0, 0.05) is 0 Å². The maximum Gasteiger partial charge on any atom is 0.251 e. The van der Waals surface area contributed by atoms with Crippen molar-refractivity contribution >= 4 is 14.1 Å². The van der Waals surface area contributed by atoms with Gasteiger partial charge in [0.25, 0.3) is 14.1 Å². The van der Waals surface area contributed by atoms with Crippen molar-refractivity contribution in [3.05, 3.63) is 0 Å². The third-order valence-electron chi connectivity index (χ3n) is 0.707. The predicted octanol–water partition coefficient (Wildman–Crippen LogP) is 3.32. The molecule has 0 aromatic rings. The summed E-state index contributed by atoms with van der Waals surface area (Å²) >= 11 is -0.0417. The minimum Gasteiger partial charge on any atom is -0.106 e. The van der Waals surface area contributed by atoms with E-state index >= 15 is 0 Å². The van der Waals surface area contributed by atoms with Crippen molar-refractivity contribution < 1.29 is 17.1 Å². The van der Waals surface area contributed by atoms with Gasteiger partial charge in [-0.25, -0.2) is 0 Å². The van der Waals surface area contributed by atoms with E-state index in [1.54, 1.807) is 0 Å². The summed E-state index contributed by atoms with van der Waals surface area (Å²) in [5.74, 6) is 6.92. The maximum atomic E-state index is 2.31. The molecule has 0 radical (unpaired) electrons. The van der Waals surface area contributed by atoms with Gasteiger partial charge in [-0.3, -0.25) is 0 Å². The average molecular weight is 196 g/mol. The molecule has 9 heavy (non-hydrogen) atoms. The molecule has 0 unspecified atom stereocenters. The van der Waals surface area contributed by atoms with Crippen LogP contribution in [0.1, 0.15) is 13.8 Å². The van der Waals surface area contributed by atoms with Crippen LogP contribution in [0.15, 0.2) is 0 Å². The summed E-state index contributed by atoms with van der Waals surface area (Å²) in [6.07, 6.45) is 0. The monoisotopic (exact) mass is 194 g/mol. The summed E-state index contributed by atoms with van der Waals surface area (Å²) in [4.78, 5) is 0. The van der Waals surface area contributed by atoms with E-state index < -0.39 is 0 Å². The van der Waals surface area contributed by atoms with Crippen LogP contribution in [0.25, 0.3) is 0 Å². The van der Waals surface area contributed by atoms with Crippen LogP contribution in [-0.2, 0) is 17.1 Å². The first-order valence-corrected chi connectivity index (χ1v) is 11.8. The number of hydrogen-bond acceptors (Lipinski definition) is 0. The average Bonchev–Trinajstić information content (AvgIpc) is 1.66. The van der Waals surface area contributed by atoms with E-state index in [1.165, 1.54) is 10.0 Å². The molecule has 0 heterocycles. The molecular weight excluding hydrogens is 176 g/mol. The van der Waals surface area contributed by atoms with Gasteiger partial charge in [-0.05, 0) is 0 Å². The van der Waals surface area contributed by atoms with E-state index in [-0.39, 0.29) is 31.3 Å². The third-order valence-corrected chi connectivity index (χ3v) is 3.67. The van der Waals surface area contributed by atoms with Crippen molar-refractivity contribution in [3.63, 3.8) is 0 Å². The zero-order valence-electron chi connectivity index (χ0n) is 7.70. The Hall–Kier alpha value is 1.16. The van der Waals surface area contributed by atoms with Gasteiger partial charge in [-0.15, -0.1) is 17.4 Å². The SMILES string of the molecule is C[CH2][Zn][CH2]C.[CH3][Al]([CH3])[CH3]. The summed E-state index contributed by atoms with van der Waals surface area (Å²) in [5.41, 5.74) is 0. The van der Waals surface area contributed by atoms with E-state index in [0.29, 0.717) is 0 Å². The molecule has 0 aliphatic rings. The summed E-state index contributed by atoms with van der Waals surface area (Å²) in [6, 6.07) is 0. The Morgan fingerprint density at radius 3 is 1.22 bits per heavy atom. The largest absolute Gasteiger partial charge is 0.251 e. The molecule has 0 bridgehead atoms. The Kier molecular flexibility index (Phi) is 16.9. The molecule has 0 saturated carbocycles. The van der Waals surface area contributed by atoms with Gasteiger partial charge in [-0.1, -0.05) is 0 Å². The van der Waals surface area contributed by atoms with Crippen molar-refractivity contribution in [2.75, 3.05) is 0 Å². The summed E-state index contributed by atoms with van der Waals surface area (Å²) in [5, 5.41) is 3.06. The number of hydrogen-bond donors (Lipinski definition) is 0. The van der Waals surface area contributed by atoms with Crippen molar-refractivity contribution in [1.29, 1.82) is 0 Å². The molecule has 52 valence electrons. The molecule has 0 aliphatic heterocycles. The molecule has 0 aliphatic carbocycles. The van der Waals surface area contributed by atoms with Crippen LogP contribution in [-0.4, -0.2) is 14.1 Å². The van der Waals surface area contributed by atoms with Crippen molar-refractivity contribution in [3.8, 4) is 0 Å². The van der Waals surface area contributed by atoms with Gasteiger partial charge in [0.2, 0.25) is 0 Å². The van der Waals surface area contributed by atoms with Crippen LogP contribution in [0.2, 0.25) is 27.4 Å².